The highest BCUT2D eigenvalue weighted by Crippen LogP contribution is 2.58. The van der Waals surface area contributed by atoms with Crippen LogP contribution in [0.4, 0.5) is 0 Å². The molecule has 12 rings (SSSR count). The van der Waals surface area contributed by atoms with Crippen molar-refractivity contribution in [2.75, 3.05) is 0 Å². The summed E-state index contributed by atoms with van der Waals surface area (Å²) in [5.41, 5.74) is 15.7. The van der Waals surface area contributed by atoms with Crippen LogP contribution < -0.4 is 5.32 Å². The van der Waals surface area contributed by atoms with Gasteiger partial charge in [0.15, 0.2) is 5.84 Å². The predicted octanol–water partition coefficient (Wildman–Crippen LogP) is 13.8. The SMILES string of the molecule is c1ccc(-c2ccc3c(c2)C(c2ccccc2)(c2ccccc2)c2cc(-c4ccccc4)cc(C4=NC(c5cccc6oc7ccccc7c56)=NC(c5ccccc5)N4)c2-3)cc1. The van der Waals surface area contributed by atoms with Crippen LogP contribution in [0, 0.1) is 0 Å². The molecule has 1 N–H and O–H groups in total. The van der Waals surface area contributed by atoms with Gasteiger partial charge in [0.1, 0.15) is 23.2 Å². The summed E-state index contributed by atoms with van der Waals surface area (Å²) in [7, 11) is 0. The van der Waals surface area contributed by atoms with E-state index in [1.807, 2.05) is 30.3 Å². The number of hydrogen-bond acceptors (Lipinski definition) is 4. The quantitative estimate of drug-likeness (QED) is 0.175. The molecule has 0 spiro atoms. The largest absolute Gasteiger partial charge is 0.456 e. The Balaban J connectivity index is 1.19. The first-order valence-electron chi connectivity index (χ1n) is 21.2. The van der Waals surface area contributed by atoms with Gasteiger partial charge >= 0.3 is 0 Å². The van der Waals surface area contributed by atoms with Crippen molar-refractivity contribution < 1.29 is 4.42 Å². The summed E-state index contributed by atoms with van der Waals surface area (Å²) in [6.45, 7) is 0. The van der Waals surface area contributed by atoms with Crippen LogP contribution in [0.25, 0.3) is 55.3 Å². The highest BCUT2D eigenvalue weighted by molar-refractivity contribution is 6.23. The van der Waals surface area contributed by atoms with Crippen LogP contribution in [-0.4, -0.2) is 11.7 Å². The normalized spacial score (nSPS) is 15.1. The molecule has 0 saturated carbocycles. The summed E-state index contributed by atoms with van der Waals surface area (Å²) in [5, 5.41) is 5.93. The maximum atomic E-state index is 6.40. The van der Waals surface area contributed by atoms with Gasteiger partial charge in [-0.15, -0.1) is 0 Å². The number of para-hydroxylation sites is 1. The number of benzene rings is 9. The van der Waals surface area contributed by atoms with E-state index in [9.17, 15) is 0 Å². The number of amidine groups is 2. The second kappa shape index (κ2) is 14.6. The van der Waals surface area contributed by atoms with Gasteiger partial charge in [-0.3, -0.25) is 0 Å². The number of hydrogen-bond donors (Lipinski definition) is 1. The van der Waals surface area contributed by atoms with Crippen LogP contribution in [0.15, 0.2) is 239 Å². The smallest absolute Gasteiger partial charge is 0.160 e. The lowest BCUT2D eigenvalue weighted by molar-refractivity contribution is 0.668. The molecule has 1 atom stereocenters. The number of rotatable bonds is 7. The van der Waals surface area contributed by atoms with Gasteiger partial charge in [-0.25, -0.2) is 9.98 Å². The van der Waals surface area contributed by atoms with Gasteiger partial charge in [-0.2, -0.15) is 0 Å². The molecule has 1 aromatic heterocycles. The first-order valence-corrected chi connectivity index (χ1v) is 21.2. The first-order chi connectivity index (χ1) is 30.7. The van der Waals surface area contributed by atoms with E-state index in [1.54, 1.807) is 0 Å². The molecule has 0 bridgehead atoms. The zero-order valence-electron chi connectivity index (χ0n) is 33.7. The van der Waals surface area contributed by atoms with Crippen molar-refractivity contribution in [1.29, 1.82) is 0 Å². The molecule has 1 aliphatic heterocycles. The molecule has 1 unspecified atom stereocenters. The lowest BCUT2D eigenvalue weighted by Gasteiger charge is -2.34. The minimum atomic E-state index is -0.663. The predicted molar refractivity (Wildman–Crippen MR) is 254 cm³/mol. The zero-order valence-corrected chi connectivity index (χ0v) is 33.7. The van der Waals surface area contributed by atoms with Gasteiger partial charge in [0.05, 0.1) is 5.41 Å². The highest BCUT2D eigenvalue weighted by Gasteiger charge is 2.48. The van der Waals surface area contributed by atoms with E-state index in [-0.39, 0.29) is 0 Å². The molecule has 2 aliphatic rings. The van der Waals surface area contributed by atoms with Gasteiger partial charge in [0.25, 0.3) is 0 Å². The lowest BCUT2D eigenvalue weighted by atomic mass is 9.67. The van der Waals surface area contributed by atoms with E-state index in [2.05, 4.69) is 199 Å². The maximum Gasteiger partial charge on any atom is 0.160 e. The van der Waals surface area contributed by atoms with E-state index in [0.29, 0.717) is 5.84 Å². The number of aliphatic imine (C=N–C) groups is 2. The summed E-state index contributed by atoms with van der Waals surface area (Å²) in [4.78, 5) is 11.0. The number of furan rings is 1. The fraction of sp³-hybridized carbons (Fsp3) is 0.0345. The molecule has 9 aromatic carbocycles. The molecule has 2 heterocycles. The second-order valence-electron chi connectivity index (χ2n) is 16.1. The van der Waals surface area contributed by atoms with Gasteiger partial charge in [-0.05, 0) is 91.5 Å². The molecule has 0 radical (unpaired) electrons. The Hall–Kier alpha value is -8.08. The molecular weight excluding hydrogens is 755 g/mol. The van der Waals surface area contributed by atoms with Crippen molar-refractivity contribution in [1.82, 2.24) is 5.32 Å². The van der Waals surface area contributed by atoms with E-state index >= 15 is 0 Å². The van der Waals surface area contributed by atoms with Gasteiger partial charge < -0.3 is 9.73 Å². The van der Waals surface area contributed by atoms with Crippen LogP contribution in [0.5, 0.6) is 0 Å². The van der Waals surface area contributed by atoms with Crippen molar-refractivity contribution in [2.45, 2.75) is 11.6 Å². The Bertz CT molecular complexity index is 3320. The maximum absolute atomic E-state index is 6.40. The molecular formula is C58H39N3O. The van der Waals surface area contributed by atoms with Crippen molar-refractivity contribution >= 4 is 33.6 Å². The van der Waals surface area contributed by atoms with Crippen molar-refractivity contribution in [3.8, 4) is 33.4 Å². The third-order valence-corrected chi connectivity index (χ3v) is 12.6. The van der Waals surface area contributed by atoms with Crippen LogP contribution in [0.1, 0.15) is 45.1 Å². The van der Waals surface area contributed by atoms with E-state index in [0.717, 1.165) is 61.2 Å². The van der Waals surface area contributed by atoms with Gasteiger partial charge in [0, 0.05) is 21.9 Å². The number of fused-ring (bicyclic) bond motifs is 6. The van der Waals surface area contributed by atoms with Crippen LogP contribution >= 0.6 is 0 Å². The van der Waals surface area contributed by atoms with Gasteiger partial charge in [-0.1, -0.05) is 194 Å². The first kappa shape index (κ1) is 35.8. The van der Waals surface area contributed by atoms with Crippen molar-refractivity contribution in [2.24, 2.45) is 9.98 Å². The summed E-state index contributed by atoms with van der Waals surface area (Å²) in [6.07, 6.45) is -0.405. The lowest BCUT2D eigenvalue weighted by Crippen LogP contribution is -2.34. The van der Waals surface area contributed by atoms with E-state index in [4.69, 9.17) is 14.4 Å². The number of nitrogens with one attached hydrogen (secondary N) is 1. The monoisotopic (exact) mass is 793 g/mol. The summed E-state index contributed by atoms with van der Waals surface area (Å²) < 4.78 is 6.40. The Morgan fingerprint density at radius 3 is 1.71 bits per heavy atom. The average Bonchev–Trinajstić information content (AvgIpc) is 3.89. The molecule has 62 heavy (non-hydrogen) atoms. The standard InChI is InChI=1S/C58H39N3O/c1-6-19-38(20-7-1)41-33-34-45-49(36-41)58(43-25-12-4-13-26-43,44-27-14-5-15-28-44)50-37-42(39-21-8-2-9-22-39)35-48(53(45)50)57-60-55(40-23-10-3-11-24-40)59-56(61-57)47-30-18-32-52-54(47)46-29-16-17-31-51(46)62-52/h1-37,55H,(H,59,60,61). The zero-order chi connectivity index (χ0) is 41.0. The fourth-order valence-electron chi connectivity index (χ4n) is 9.88. The van der Waals surface area contributed by atoms with E-state index in [1.165, 1.54) is 38.9 Å². The molecule has 0 fully saturated rings. The Morgan fingerprint density at radius 1 is 0.435 bits per heavy atom. The summed E-state index contributed by atoms with van der Waals surface area (Å²) >= 11 is 0. The minimum Gasteiger partial charge on any atom is -0.456 e. The van der Waals surface area contributed by atoms with E-state index < -0.39 is 11.6 Å². The molecule has 292 valence electrons. The third-order valence-electron chi connectivity index (χ3n) is 12.6. The molecule has 1 aliphatic carbocycles. The average molecular weight is 794 g/mol. The molecule has 0 amide bonds. The second-order valence-corrected chi connectivity index (χ2v) is 16.1. The van der Waals surface area contributed by atoms with Crippen molar-refractivity contribution in [3.05, 3.63) is 263 Å². The van der Waals surface area contributed by atoms with Crippen LogP contribution in [0.2, 0.25) is 0 Å². The molecule has 4 nitrogen and oxygen atoms in total. The number of nitrogens with zero attached hydrogens (tertiary/aromatic N) is 2. The summed E-state index contributed by atoms with van der Waals surface area (Å²) in [6, 6.07) is 80.2. The highest BCUT2D eigenvalue weighted by atomic mass is 16.3. The fourth-order valence-corrected chi connectivity index (χ4v) is 9.88. The summed E-state index contributed by atoms with van der Waals surface area (Å²) in [5.74, 6) is 1.41. The molecule has 10 aromatic rings. The van der Waals surface area contributed by atoms with Crippen molar-refractivity contribution in [3.63, 3.8) is 0 Å². The molecule has 0 saturated heterocycles. The minimum absolute atomic E-state index is 0.405. The topological polar surface area (TPSA) is 49.9 Å². The Labute approximate surface area is 360 Å². The Morgan fingerprint density at radius 2 is 1.02 bits per heavy atom. The van der Waals surface area contributed by atoms with Crippen LogP contribution in [-0.2, 0) is 5.41 Å². The third kappa shape index (κ3) is 5.68. The van der Waals surface area contributed by atoms with Gasteiger partial charge in [0.2, 0.25) is 0 Å². The van der Waals surface area contributed by atoms with Crippen LogP contribution in [0.3, 0.4) is 0 Å². The molecule has 4 heteroatoms. The Kier molecular flexibility index (Phi) is 8.42.